The molecule has 0 aliphatic carbocycles. The van der Waals surface area contributed by atoms with Crippen molar-refractivity contribution in [3.8, 4) is 5.75 Å². The Labute approximate surface area is 141 Å². The SMILES string of the molecule is C=C1c2ccccc2OCC(C)(O)C1C(=O)OCc1ccccc1. The highest BCUT2D eigenvalue weighted by Crippen LogP contribution is 2.39. The quantitative estimate of drug-likeness (QED) is 0.881. The van der Waals surface area contributed by atoms with Crippen LogP contribution < -0.4 is 4.74 Å². The molecule has 0 fully saturated rings. The number of ether oxygens (including phenoxy) is 2. The van der Waals surface area contributed by atoms with Gasteiger partial charge in [-0.25, -0.2) is 0 Å². The number of para-hydroxylation sites is 1. The van der Waals surface area contributed by atoms with Gasteiger partial charge in [0.05, 0.1) is 0 Å². The lowest BCUT2D eigenvalue weighted by Crippen LogP contribution is -2.44. The minimum absolute atomic E-state index is 0.00582. The molecule has 0 amide bonds. The minimum atomic E-state index is -1.40. The molecular weight excluding hydrogens is 304 g/mol. The van der Waals surface area contributed by atoms with Gasteiger partial charge < -0.3 is 14.6 Å². The highest BCUT2D eigenvalue weighted by Gasteiger charge is 2.44. The molecule has 1 N–H and O–H groups in total. The second kappa shape index (κ2) is 6.49. The molecule has 0 aromatic heterocycles. The maximum atomic E-state index is 12.7. The summed E-state index contributed by atoms with van der Waals surface area (Å²) < 4.78 is 11.1. The fourth-order valence-electron chi connectivity index (χ4n) is 2.90. The van der Waals surface area contributed by atoms with Gasteiger partial charge in [-0.05, 0) is 24.1 Å². The van der Waals surface area contributed by atoms with Crippen molar-refractivity contribution >= 4 is 11.5 Å². The number of benzene rings is 2. The average molecular weight is 324 g/mol. The van der Waals surface area contributed by atoms with Gasteiger partial charge in [0.2, 0.25) is 0 Å². The van der Waals surface area contributed by atoms with Crippen LogP contribution in [0.4, 0.5) is 0 Å². The van der Waals surface area contributed by atoms with Gasteiger partial charge in [0.25, 0.3) is 0 Å². The van der Waals surface area contributed by atoms with E-state index in [4.69, 9.17) is 9.47 Å². The third-order valence-electron chi connectivity index (χ3n) is 4.18. The molecule has 0 saturated carbocycles. The van der Waals surface area contributed by atoms with Crippen molar-refractivity contribution in [2.45, 2.75) is 19.1 Å². The zero-order chi connectivity index (χ0) is 17.2. The zero-order valence-corrected chi connectivity index (χ0v) is 13.6. The van der Waals surface area contributed by atoms with Crippen molar-refractivity contribution in [2.75, 3.05) is 6.61 Å². The summed E-state index contributed by atoms with van der Waals surface area (Å²) in [6.45, 7) is 5.74. The van der Waals surface area contributed by atoms with E-state index < -0.39 is 17.5 Å². The summed E-state index contributed by atoms with van der Waals surface area (Å²) in [4.78, 5) is 12.7. The van der Waals surface area contributed by atoms with Crippen molar-refractivity contribution in [2.24, 2.45) is 5.92 Å². The van der Waals surface area contributed by atoms with E-state index in [1.807, 2.05) is 48.5 Å². The van der Waals surface area contributed by atoms with E-state index in [9.17, 15) is 9.90 Å². The Kier molecular flexibility index (Phi) is 4.40. The van der Waals surface area contributed by atoms with Crippen LogP contribution in [-0.4, -0.2) is 23.3 Å². The van der Waals surface area contributed by atoms with Gasteiger partial charge in [-0.3, -0.25) is 4.79 Å². The normalized spacial score (nSPS) is 22.9. The lowest BCUT2D eigenvalue weighted by Gasteiger charge is -2.29. The van der Waals surface area contributed by atoms with Crippen LogP contribution in [0.15, 0.2) is 61.2 Å². The average Bonchev–Trinajstić information content (AvgIpc) is 2.68. The van der Waals surface area contributed by atoms with Crippen LogP contribution in [0.1, 0.15) is 18.1 Å². The Bertz CT molecular complexity index is 749. The zero-order valence-electron chi connectivity index (χ0n) is 13.6. The predicted molar refractivity (Wildman–Crippen MR) is 91.3 cm³/mol. The van der Waals surface area contributed by atoms with Crippen molar-refractivity contribution in [3.05, 3.63) is 72.3 Å². The van der Waals surface area contributed by atoms with Crippen LogP contribution in [0, 0.1) is 5.92 Å². The van der Waals surface area contributed by atoms with Crippen molar-refractivity contribution in [3.63, 3.8) is 0 Å². The van der Waals surface area contributed by atoms with Gasteiger partial charge in [0, 0.05) is 5.56 Å². The standard InChI is InChI=1S/C20H20O4/c1-14-16-10-6-7-11-17(16)24-13-20(2,22)18(14)19(21)23-12-15-8-4-3-5-9-15/h3-11,18,22H,1,12-13H2,2H3. The summed E-state index contributed by atoms with van der Waals surface area (Å²) in [5.41, 5.74) is 0.716. The summed E-state index contributed by atoms with van der Waals surface area (Å²) >= 11 is 0. The van der Waals surface area contributed by atoms with E-state index in [0.29, 0.717) is 11.3 Å². The number of esters is 1. The Morgan fingerprint density at radius 1 is 1.25 bits per heavy atom. The van der Waals surface area contributed by atoms with Gasteiger partial charge in [-0.1, -0.05) is 55.1 Å². The maximum Gasteiger partial charge on any atom is 0.316 e. The monoisotopic (exact) mass is 324 g/mol. The first-order chi connectivity index (χ1) is 11.5. The molecule has 2 atom stereocenters. The summed E-state index contributed by atoms with van der Waals surface area (Å²) in [5.74, 6) is -0.778. The summed E-state index contributed by atoms with van der Waals surface area (Å²) in [6.07, 6.45) is 0. The molecule has 0 radical (unpaired) electrons. The third kappa shape index (κ3) is 3.19. The molecule has 1 aliphatic heterocycles. The topological polar surface area (TPSA) is 55.8 Å². The lowest BCUT2D eigenvalue weighted by atomic mass is 9.82. The first-order valence-corrected chi connectivity index (χ1v) is 7.83. The van der Waals surface area contributed by atoms with Gasteiger partial charge in [-0.2, -0.15) is 0 Å². The van der Waals surface area contributed by atoms with E-state index in [2.05, 4.69) is 6.58 Å². The number of rotatable bonds is 3. The smallest absolute Gasteiger partial charge is 0.316 e. The van der Waals surface area contributed by atoms with E-state index in [1.165, 1.54) is 0 Å². The Hall–Kier alpha value is -2.59. The van der Waals surface area contributed by atoms with Gasteiger partial charge >= 0.3 is 5.97 Å². The van der Waals surface area contributed by atoms with Crippen LogP contribution in [0.5, 0.6) is 5.75 Å². The lowest BCUT2D eigenvalue weighted by molar-refractivity contribution is -0.156. The van der Waals surface area contributed by atoms with Crippen LogP contribution in [0.3, 0.4) is 0 Å². The molecule has 3 rings (SSSR count). The molecule has 1 heterocycles. The molecule has 4 nitrogen and oxygen atoms in total. The number of aliphatic hydroxyl groups is 1. The van der Waals surface area contributed by atoms with E-state index in [0.717, 1.165) is 11.1 Å². The fraction of sp³-hybridized carbons (Fsp3) is 0.250. The number of carbonyl (C=O) groups excluding carboxylic acids is 1. The fourth-order valence-corrected chi connectivity index (χ4v) is 2.90. The highest BCUT2D eigenvalue weighted by atomic mass is 16.5. The molecule has 2 aromatic rings. The molecule has 1 aliphatic rings. The van der Waals surface area contributed by atoms with Crippen LogP contribution in [0.2, 0.25) is 0 Å². The van der Waals surface area contributed by atoms with E-state index >= 15 is 0 Å². The first kappa shape index (κ1) is 16.3. The van der Waals surface area contributed by atoms with Gasteiger partial charge in [0.1, 0.15) is 30.5 Å². The van der Waals surface area contributed by atoms with Crippen LogP contribution in [-0.2, 0) is 16.1 Å². The number of hydrogen-bond donors (Lipinski definition) is 1. The molecule has 24 heavy (non-hydrogen) atoms. The number of carbonyl (C=O) groups is 1. The maximum absolute atomic E-state index is 12.7. The summed E-state index contributed by atoms with van der Waals surface area (Å²) in [6, 6.07) is 16.7. The second-order valence-electron chi connectivity index (χ2n) is 6.19. The predicted octanol–water partition coefficient (Wildman–Crippen LogP) is 3.20. The van der Waals surface area contributed by atoms with Gasteiger partial charge in [-0.15, -0.1) is 0 Å². The Morgan fingerprint density at radius 3 is 2.67 bits per heavy atom. The summed E-state index contributed by atoms with van der Waals surface area (Å²) in [7, 11) is 0. The van der Waals surface area contributed by atoms with Crippen LogP contribution >= 0.6 is 0 Å². The largest absolute Gasteiger partial charge is 0.490 e. The number of hydrogen-bond acceptors (Lipinski definition) is 4. The molecule has 4 heteroatoms. The molecule has 0 saturated heterocycles. The first-order valence-electron chi connectivity index (χ1n) is 7.83. The second-order valence-corrected chi connectivity index (χ2v) is 6.19. The molecular formula is C20H20O4. The van der Waals surface area contributed by atoms with E-state index in [1.54, 1.807) is 13.0 Å². The summed E-state index contributed by atoms with van der Waals surface area (Å²) in [5, 5.41) is 10.7. The molecule has 0 spiro atoms. The third-order valence-corrected chi connectivity index (χ3v) is 4.18. The molecule has 2 aromatic carbocycles. The van der Waals surface area contributed by atoms with Gasteiger partial charge in [0.15, 0.2) is 0 Å². The van der Waals surface area contributed by atoms with Crippen LogP contribution in [0.25, 0.3) is 5.57 Å². The molecule has 2 unspecified atom stereocenters. The molecule has 0 bridgehead atoms. The van der Waals surface area contributed by atoms with Crippen molar-refractivity contribution in [1.82, 2.24) is 0 Å². The Morgan fingerprint density at radius 2 is 1.92 bits per heavy atom. The molecule has 124 valence electrons. The van der Waals surface area contributed by atoms with E-state index in [-0.39, 0.29) is 13.2 Å². The van der Waals surface area contributed by atoms with Crippen molar-refractivity contribution < 1.29 is 19.4 Å². The van der Waals surface area contributed by atoms with Crippen molar-refractivity contribution in [1.29, 1.82) is 0 Å². The highest BCUT2D eigenvalue weighted by molar-refractivity contribution is 5.90. The Balaban J connectivity index is 1.83. The minimum Gasteiger partial charge on any atom is -0.490 e. The number of fused-ring (bicyclic) bond motifs is 1.